The number of hydrogen-bond acceptors (Lipinski definition) is 2. The van der Waals surface area contributed by atoms with Crippen LogP contribution < -0.4 is 5.32 Å². The molecule has 1 amide bonds. The molecule has 0 aliphatic rings. The maximum atomic E-state index is 13.1. The van der Waals surface area contributed by atoms with Gasteiger partial charge in [0.25, 0.3) is 5.91 Å². The first-order valence-electron chi connectivity index (χ1n) is 5.29. The zero-order chi connectivity index (χ0) is 13.0. The third kappa shape index (κ3) is 3.13. The predicted molar refractivity (Wildman–Crippen MR) is 69.5 cm³/mol. The average Bonchev–Trinajstić information content (AvgIpc) is 2.40. The Morgan fingerprint density at radius 1 is 1.39 bits per heavy atom. The third-order valence-electron chi connectivity index (χ3n) is 2.35. The molecule has 2 rings (SSSR count). The molecule has 1 heterocycles. The lowest BCUT2D eigenvalue weighted by Crippen LogP contribution is -2.23. The smallest absolute Gasteiger partial charge is 0.252 e. The summed E-state index contributed by atoms with van der Waals surface area (Å²) in [5, 5.41) is 2.71. The molecule has 0 atom stereocenters. The predicted octanol–water partition coefficient (Wildman–Crippen LogP) is 2.91. The van der Waals surface area contributed by atoms with Crippen LogP contribution in [0.2, 0.25) is 0 Å². The molecule has 0 saturated carbocycles. The Morgan fingerprint density at radius 3 is 2.94 bits per heavy atom. The molecule has 0 unspecified atom stereocenters. The number of carbonyl (C=O) groups excluding carboxylic acids is 1. The van der Waals surface area contributed by atoms with Gasteiger partial charge in [0, 0.05) is 23.4 Å². The second-order valence-corrected chi connectivity index (χ2v) is 4.52. The summed E-state index contributed by atoms with van der Waals surface area (Å²) >= 11 is 3.22. The standard InChI is InChI=1S/C13H10BrFN2O/c14-12-4-3-10(15)6-11(12)13(18)17-8-9-2-1-5-16-7-9/h1-7H,8H2,(H,17,18). The van der Waals surface area contributed by atoms with Crippen molar-refractivity contribution in [2.75, 3.05) is 0 Å². The van der Waals surface area contributed by atoms with Crippen LogP contribution >= 0.6 is 15.9 Å². The fraction of sp³-hybridized carbons (Fsp3) is 0.0769. The minimum absolute atomic E-state index is 0.277. The maximum Gasteiger partial charge on any atom is 0.252 e. The van der Waals surface area contributed by atoms with Crippen LogP contribution in [0.3, 0.4) is 0 Å². The fourth-order valence-electron chi connectivity index (χ4n) is 1.45. The first kappa shape index (κ1) is 12.7. The molecule has 1 aromatic heterocycles. The minimum Gasteiger partial charge on any atom is -0.348 e. The van der Waals surface area contributed by atoms with E-state index in [4.69, 9.17) is 0 Å². The highest BCUT2D eigenvalue weighted by Crippen LogP contribution is 2.17. The molecule has 3 nitrogen and oxygen atoms in total. The summed E-state index contributed by atoms with van der Waals surface area (Å²) in [6.07, 6.45) is 3.33. The van der Waals surface area contributed by atoms with Crippen LogP contribution in [0.1, 0.15) is 15.9 Å². The van der Waals surface area contributed by atoms with Gasteiger partial charge in [-0.1, -0.05) is 6.07 Å². The number of rotatable bonds is 3. The summed E-state index contributed by atoms with van der Waals surface area (Å²) in [7, 11) is 0. The zero-order valence-corrected chi connectivity index (χ0v) is 10.9. The molecule has 0 aliphatic heterocycles. The van der Waals surface area contributed by atoms with Crippen molar-refractivity contribution in [3.63, 3.8) is 0 Å². The van der Waals surface area contributed by atoms with Crippen molar-refractivity contribution in [2.24, 2.45) is 0 Å². The summed E-state index contributed by atoms with van der Waals surface area (Å²) in [6.45, 7) is 0.357. The summed E-state index contributed by atoms with van der Waals surface area (Å²) in [6, 6.07) is 7.65. The highest BCUT2D eigenvalue weighted by Gasteiger charge is 2.10. The van der Waals surface area contributed by atoms with Crippen LogP contribution in [0.25, 0.3) is 0 Å². The number of aromatic nitrogens is 1. The Kier molecular flexibility index (Phi) is 4.04. The molecule has 0 radical (unpaired) electrons. The molecule has 1 N–H and O–H groups in total. The van der Waals surface area contributed by atoms with Crippen molar-refractivity contribution in [1.82, 2.24) is 10.3 Å². The monoisotopic (exact) mass is 308 g/mol. The van der Waals surface area contributed by atoms with Gasteiger partial charge in [0.2, 0.25) is 0 Å². The number of nitrogens with one attached hydrogen (secondary N) is 1. The summed E-state index contributed by atoms with van der Waals surface area (Å²) in [5.74, 6) is -0.769. The van der Waals surface area contributed by atoms with Crippen molar-refractivity contribution in [2.45, 2.75) is 6.54 Å². The SMILES string of the molecule is O=C(NCc1cccnc1)c1cc(F)ccc1Br. The maximum absolute atomic E-state index is 13.1. The Labute approximate surface area is 112 Å². The van der Waals surface area contributed by atoms with Crippen molar-refractivity contribution >= 4 is 21.8 Å². The van der Waals surface area contributed by atoms with Crippen LogP contribution in [0.15, 0.2) is 47.2 Å². The van der Waals surface area contributed by atoms with Crippen LogP contribution in [0.5, 0.6) is 0 Å². The molecule has 1 aromatic carbocycles. The van der Waals surface area contributed by atoms with E-state index in [0.717, 1.165) is 5.56 Å². The Hall–Kier alpha value is -1.75. The van der Waals surface area contributed by atoms with Crippen molar-refractivity contribution in [3.05, 3.63) is 64.1 Å². The van der Waals surface area contributed by atoms with E-state index < -0.39 is 5.82 Å². The molecule has 0 spiro atoms. The van der Waals surface area contributed by atoms with Gasteiger partial charge in [-0.05, 0) is 45.8 Å². The second kappa shape index (κ2) is 5.73. The van der Waals surface area contributed by atoms with E-state index in [-0.39, 0.29) is 11.5 Å². The molecule has 5 heteroatoms. The first-order chi connectivity index (χ1) is 8.66. The Bertz CT molecular complexity index is 560. The van der Waals surface area contributed by atoms with Crippen LogP contribution in [-0.2, 0) is 6.54 Å². The van der Waals surface area contributed by atoms with Gasteiger partial charge in [-0.3, -0.25) is 9.78 Å². The zero-order valence-electron chi connectivity index (χ0n) is 9.36. The Morgan fingerprint density at radius 2 is 2.22 bits per heavy atom. The third-order valence-corrected chi connectivity index (χ3v) is 3.04. The molecule has 0 bridgehead atoms. The minimum atomic E-state index is -0.440. The van der Waals surface area contributed by atoms with E-state index in [1.54, 1.807) is 18.5 Å². The number of carbonyl (C=O) groups is 1. The molecule has 92 valence electrons. The van der Waals surface area contributed by atoms with E-state index in [2.05, 4.69) is 26.2 Å². The lowest BCUT2D eigenvalue weighted by Gasteiger charge is -2.06. The van der Waals surface area contributed by atoms with Gasteiger partial charge >= 0.3 is 0 Å². The number of nitrogens with zero attached hydrogens (tertiary/aromatic N) is 1. The van der Waals surface area contributed by atoms with Crippen LogP contribution in [-0.4, -0.2) is 10.9 Å². The largest absolute Gasteiger partial charge is 0.348 e. The van der Waals surface area contributed by atoms with E-state index in [0.29, 0.717) is 11.0 Å². The molecule has 18 heavy (non-hydrogen) atoms. The van der Waals surface area contributed by atoms with E-state index in [1.807, 2.05) is 6.07 Å². The summed E-state index contributed by atoms with van der Waals surface area (Å²) in [4.78, 5) is 15.8. The highest BCUT2D eigenvalue weighted by atomic mass is 79.9. The van der Waals surface area contributed by atoms with Gasteiger partial charge in [0.05, 0.1) is 5.56 Å². The number of benzene rings is 1. The molecule has 0 fully saturated rings. The molecule has 2 aromatic rings. The van der Waals surface area contributed by atoms with Crippen LogP contribution in [0.4, 0.5) is 4.39 Å². The Balaban J connectivity index is 2.06. The van der Waals surface area contributed by atoms with Gasteiger partial charge in [0.1, 0.15) is 5.82 Å². The summed E-state index contributed by atoms with van der Waals surface area (Å²) < 4.78 is 13.6. The molecular formula is C13H10BrFN2O. The molecular weight excluding hydrogens is 299 g/mol. The van der Waals surface area contributed by atoms with Crippen LogP contribution in [0, 0.1) is 5.82 Å². The lowest BCUT2D eigenvalue weighted by atomic mass is 10.2. The fourth-order valence-corrected chi connectivity index (χ4v) is 1.88. The normalized spacial score (nSPS) is 10.1. The van der Waals surface area contributed by atoms with E-state index >= 15 is 0 Å². The van der Waals surface area contributed by atoms with Gasteiger partial charge in [0.15, 0.2) is 0 Å². The van der Waals surface area contributed by atoms with Crippen molar-refractivity contribution in [3.8, 4) is 0 Å². The van der Waals surface area contributed by atoms with E-state index in [1.165, 1.54) is 18.2 Å². The van der Waals surface area contributed by atoms with Gasteiger partial charge in [-0.15, -0.1) is 0 Å². The number of hydrogen-bond donors (Lipinski definition) is 1. The first-order valence-corrected chi connectivity index (χ1v) is 6.08. The molecule has 0 aliphatic carbocycles. The quantitative estimate of drug-likeness (QED) is 0.947. The highest BCUT2D eigenvalue weighted by molar-refractivity contribution is 9.10. The number of pyridine rings is 1. The van der Waals surface area contributed by atoms with E-state index in [9.17, 15) is 9.18 Å². The number of amides is 1. The van der Waals surface area contributed by atoms with Gasteiger partial charge < -0.3 is 5.32 Å². The second-order valence-electron chi connectivity index (χ2n) is 3.67. The molecule has 0 saturated heterocycles. The lowest BCUT2D eigenvalue weighted by molar-refractivity contribution is 0.0949. The van der Waals surface area contributed by atoms with Crippen molar-refractivity contribution < 1.29 is 9.18 Å². The van der Waals surface area contributed by atoms with Gasteiger partial charge in [-0.25, -0.2) is 4.39 Å². The van der Waals surface area contributed by atoms with Crippen molar-refractivity contribution in [1.29, 1.82) is 0 Å². The average molecular weight is 309 g/mol. The van der Waals surface area contributed by atoms with Gasteiger partial charge in [-0.2, -0.15) is 0 Å². The summed E-state index contributed by atoms with van der Waals surface area (Å²) in [5.41, 5.74) is 1.16. The topological polar surface area (TPSA) is 42.0 Å². The number of halogens is 2.